The van der Waals surface area contributed by atoms with Crippen LogP contribution in [0, 0.1) is 0 Å². The lowest BCUT2D eigenvalue weighted by atomic mass is 9.88. The Morgan fingerprint density at radius 3 is 2.06 bits per heavy atom. The molecular weight excluding hydrogens is 242 g/mol. The van der Waals surface area contributed by atoms with Gasteiger partial charge in [0.1, 0.15) is 0 Å². The third-order valence-corrected chi connectivity index (χ3v) is 2.95. The van der Waals surface area contributed by atoms with Gasteiger partial charge in [-0.15, -0.1) is 12.4 Å². The Labute approximate surface area is 115 Å². The smallest absolute Gasteiger partial charge is 0.0355 e. The summed E-state index contributed by atoms with van der Waals surface area (Å²) in [4.78, 5) is 0. The lowest BCUT2D eigenvalue weighted by molar-refractivity contribution is 0.549. The molecule has 0 fully saturated rings. The van der Waals surface area contributed by atoms with Crippen molar-refractivity contribution in [1.29, 1.82) is 0 Å². The van der Waals surface area contributed by atoms with E-state index in [1.165, 1.54) is 16.7 Å². The van der Waals surface area contributed by atoms with Crippen LogP contribution in [0.15, 0.2) is 54.6 Å². The lowest BCUT2D eigenvalue weighted by Gasteiger charge is -2.23. The fourth-order valence-corrected chi connectivity index (χ4v) is 2.12. The van der Waals surface area contributed by atoms with E-state index < -0.39 is 0 Å². The van der Waals surface area contributed by atoms with E-state index in [-0.39, 0.29) is 17.9 Å². The minimum Gasteiger partial charge on any atom is -0.322 e. The van der Waals surface area contributed by atoms with E-state index in [9.17, 15) is 0 Å². The molecule has 0 aliphatic heterocycles. The number of halogens is 1. The second-order valence-electron chi connectivity index (χ2n) is 5.04. The van der Waals surface area contributed by atoms with Crippen LogP contribution >= 0.6 is 12.4 Å². The highest BCUT2D eigenvalue weighted by atomic mass is 35.5. The standard InChI is InChI=1S/C16H19N.ClH/c1-16(2,17)15-11-7-6-10-14(15)12-13-8-4-3-5-9-13;/h3-11H,12,17H2,1-2H3;1H. The monoisotopic (exact) mass is 261 g/mol. The first-order valence-corrected chi connectivity index (χ1v) is 5.98. The summed E-state index contributed by atoms with van der Waals surface area (Å²) in [6, 6.07) is 18.9. The summed E-state index contributed by atoms with van der Waals surface area (Å²) >= 11 is 0. The van der Waals surface area contributed by atoms with Gasteiger partial charge in [-0.05, 0) is 37.0 Å². The molecule has 0 radical (unpaired) electrons. The predicted molar refractivity (Wildman–Crippen MR) is 80.2 cm³/mol. The average molecular weight is 262 g/mol. The Hall–Kier alpha value is -1.31. The van der Waals surface area contributed by atoms with Crippen molar-refractivity contribution in [3.63, 3.8) is 0 Å². The van der Waals surface area contributed by atoms with Crippen LogP contribution in [-0.4, -0.2) is 0 Å². The van der Waals surface area contributed by atoms with Crippen molar-refractivity contribution < 1.29 is 0 Å². The average Bonchev–Trinajstić information content (AvgIpc) is 2.30. The molecule has 0 atom stereocenters. The highest BCUT2D eigenvalue weighted by molar-refractivity contribution is 5.85. The van der Waals surface area contributed by atoms with Crippen LogP contribution < -0.4 is 5.73 Å². The molecule has 0 bridgehead atoms. The molecule has 18 heavy (non-hydrogen) atoms. The highest BCUT2D eigenvalue weighted by Gasteiger charge is 2.17. The summed E-state index contributed by atoms with van der Waals surface area (Å²) in [5.74, 6) is 0. The van der Waals surface area contributed by atoms with Crippen LogP contribution in [0.25, 0.3) is 0 Å². The van der Waals surface area contributed by atoms with E-state index in [1.807, 2.05) is 6.07 Å². The summed E-state index contributed by atoms with van der Waals surface area (Å²) in [6.45, 7) is 4.10. The first-order chi connectivity index (χ1) is 8.07. The zero-order valence-corrected chi connectivity index (χ0v) is 11.7. The minimum absolute atomic E-state index is 0. The molecule has 0 aliphatic carbocycles. The Morgan fingerprint density at radius 2 is 1.44 bits per heavy atom. The predicted octanol–water partition coefficient (Wildman–Crippen LogP) is 3.89. The Balaban J connectivity index is 0.00000162. The van der Waals surface area contributed by atoms with Crippen molar-refractivity contribution in [2.75, 3.05) is 0 Å². The van der Waals surface area contributed by atoms with Gasteiger partial charge in [-0.25, -0.2) is 0 Å². The van der Waals surface area contributed by atoms with Gasteiger partial charge in [0.15, 0.2) is 0 Å². The summed E-state index contributed by atoms with van der Waals surface area (Å²) < 4.78 is 0. The van der Waals surface area contributed by atoms with Crippen LogP contribution in [0.4, 0.5) is 0 Å². The number of nitrogens with two attached hydrogens (primary N) is 1. The van der Waals surface area contributed by atoms with Crippen LogP contribution in [0.3, 0.4) is 0 Å². The van der Waals surface area contributed by atoms with E-state index in [2.05, 4.69) is 62.4 Å². The molecule has 0 saturated carbocycles. The van der Waals surface area contributed by atoms with Crippen LogP contribution in [-0.2, 0) is 12.0 Å². The summed E-state index contributed by atoms with van der Waals surface area (Å²) in [6.07, 6.45) is 0.942. The van der Waals surface area contributed by atoms with Crippen molar-refractivity contribution in [2.45, 2.75) is 25.8 Å². The molecule has 0 aliphatic rings. The number of hydrogen-bond acceptors (Lipinski definition) is 1. The topological polar surface area (TPSA) is 26.0 Å². The van der Waals surface area contributed by atoms with Crippen molar-refractivity contribution in [1.82, 2.24) is 0 Å². The molecule has 2 heteroatoms. The summed E-state index contributed by atoms with van der Waals surface area (Å²) in [7, 11) is 0. The summed E-state index contributed by atoms with van der Waals surface area (Å²) in [5.41, 5.74) is 9.79. The van der Waals surface area contributed by atoms with E-state index >= 15 is 0 Å². The normalized spacial score (nSPS) is 10.8. The van der Waals surface area contributed by atoms with Gasteiger partial charge < -0.3 is 5.73 Å². The number of benzene rings is 2. The molecule has 0 aromatic heterocycles. The van der Waals surface area contributed by atoms with Gasteiger partial charge >= 0.3 is 0 Å². The van der Waals surface area contributed by atoms with Gasteiger partial charge in [-0.1, -0.05) is 54.6 Å². The first kappa shape index (κ1) is 14.7. The van der Waals surface area contributed by atoms with Gasteiger partial charge in [0.25, 0.3) is 0 Å². The molecule has 0 amide bonds. The van der Waals surface area contributed by atoms with Gasteiger partial charge in [-0.3, -0.25) is 0 Å². The second-order valence-corrected chi connectivity index (χ2v) is 5.04. The molecule has 2 rings (SSSR count). The molecule has 0 unspecified atom stereocenters. The second kappa shape index (κ2) is 6.03. The lowest BCUT2D eigenvalue weighted by Crippen LogP contribution is -2.30. The maximum Gasteiger partial charge on any atom is 0.0355 e. The van der Waals surface area contributed by atoms with Gasteiger partial charge in [0.05, 0.1) is 0 Å². The Morgan fingerprint density at radius 1 is 0.889 bits per heavy atom. The molecule has 0 saturated heterocycles. The SMILES string of the molecule is CC(C)(N)c1ccccc1Cc1ccccc1.Cl. The van der Waals surface area contributed by atoms with Gasteiger partial charge in [-0.2, -0.15) is 0 Å². The number of hydrogen-bond donors (Lipinski definition) is 1. The first-order valence-electron chi connectivity index (χ1n) is 5.98. The molecule has 0 spiro atoms. The van der Waals surface area contributed by atoms with Crippen LogP contribution in [0.1, 0.15) is 30.5 Å². The third kappa shape index (κ3) is 3.59. The van der Waals surface area contributed by atoms with Crippen molar-refractivity contribution in [3.05, 3.63) is 71.3 Å². The zero-order valence-electron chi connectivity index (χ0n) is 10.9. The molecule has 1 nitrogen and oxygen atoms in total. The van der Waals surface area contributed by atoms with Crippen molar-refractivity contribution in [2.24, 2.45) is 5.73 Å². The molecular formula is C16H20ClN. The van der Waals surface area contributed by atoms with Gasteiger partial charge in [0.2, 0.25) is 0 Å². The maximum absolute atomic E-state index is 6.21. The summed E-state index contributed by atoms with van der Waals surface area (Å²) in [5, 5.41) is 0. The molecule has 2 aromatic rings. The Bertz CT molecular complexity index is 486. The largest absolute Gasteiger partial charge is 0.322 e. The quantitative estimate of drug-likeness (QED) is 0.891. The van der Waals surface area contributed by atoms with Crippen LogP contribution in [0.2, 0.25) is 0 Å². The zero-order chi connectivity index (χ0) is 12.3. The van der Waals surface area contributed by atoms with Crippen molar-refractivity contribution >= 4 is 12.4 Å². The van der Waals surface area contributed by atoms with E-state index in [0.717, 1.165) is 6.42 Å². The fourth-order valence-electron chi connectivity index (χ4n) is 2.12. The highest BCUT2D eigenvalue weighted by Crippen LogP contribution is 2.23. The number of rotatable bonds is 3. The molecule has 2 N–H and O–H groups in total. The molecule has 2 aromatic carbocycles. The van der Waals surface area contributed by atoms with E-state index in [1.54, 1.807) is 0 Å². The fraction of sp³-hybridized carbons (Fsp3) is 0.250. The molecule has 0 heterocycles. The van der Waals surface area contributed by atoms with E-state index in [0.29, 0.717) is 0 Å². The molecule has 96 valence electrons. The van der Waals surface area contributed by atoms with Crippen molar-refractivity contribution in [3.8, 4) is 0 Å². The maximum atomic E-state index is 6.21. The van der Waals surface area contributed by atoms with E-state index in [4.69, 9.17) is 5.73 Å². The Kier molecular flexibility index (Phi) is 4.94. The van der Waals surface area contributed by atoms with Gasteiger partial charge in [0, 0.05) is 5.54 Å². The third-order valence-electron chi connectivity index (χ3n) is 2.95. The van der Waals surface area contributed by atoms with Crippen LogP contribution in [0.5, 0.6) is 0 Å². The minimum atomic E-state index is -0.286.